The van der Waals surface area contributed by atoms with Crippen molar-refractivity contribution in [2.45, 2.75) is 59.2 Å². The molecule has 1 saturated heterocycles. The van der Waals surface area contributed by atoms with Crippen LogP contribution in [-0.2, 0) is 24.2 Å². The van der Waals surface area contributed by atoms with Crippen LogP contribution in [-0.4, -0.2) is 78.0 Å². The van der Waals surface area contributed by atoms with Crippen LogP contribution in [0.25, 0.3) is 0 Å². The van der Waals surface area contributed by atoms with Crippen LogP contribution in [0, 0.1) is 5.92 Å². The molecule has 3 heterocycles. The number of aromatic nitrogens is 2. The van der Waals surface area contributed by atoms with E-state index >= 15 is 0 Å². The molecule has 2 aliphatic heterocycles. The van der Waals surface area contributed by atoms with E-state index < -0.39 is 0 Å². The summed E-state index contributed by atoms with van der Waals surface area (Å²) in [4.78, 5) is 17.9. The summed E-state index contributed by atoms with van der Waals surface area (Å²) in [5, 5.41) is 7.89. The highest BCUT2D eigenvalue weighted by Gasteiger charge is 2.29. The number of carbonyl (C=O) groups excluding carboxylic acids is 1. The standard InChI is InChI=1S/C21H37N5O2/c1-5-25-9-6-7-17(25)13-22-21(27)20-18-15-24(14-16(2)3)10-8-19(18)26(23-20)11-12-28-4/h16-17H,5-15H2,1-4H3,(H,22,27). The molecule has 1 aromatic rings. The van der Waals surface area contributed by atoms with Crippen LogP contribution >= 0.6 is 0 Å². The van der Waals surface area contributed by atoms with E-state index in [-0.39, 0.29) is 5.91 Å². The molecule has 1 N–H and O–H groups in total. The highest BCUT2D eigenvalue weighted by Crippen LogP contribution is 2.24. The number of likely N-dealkylation sites (tertiary alicyclic amines) is 1. The smallest absolute Gasteiger partial charge is 0.272 e. The van der Waals surface area contributed by atoms with Crippen molar-refractivity contribution in [3.63, 3.8) is 0 Å². The lowest BCUT2D eigenvalue weighted by Crippen LogP contribution is -2.40. The number of hydrogen-bond acceptors (Lipinski definition) is 5. The second kappa shape index (κ2) is 9.85. The molecule has 0 spiro atoms. The van der Waals surface area contributed by atoms with Gasteiger partial charge in [-0.1, -0.05) is 20.8 Å². The summed E-state index contributed by atoms with van der Waals surface area (Å²) in [7, 11) is 1.70. The van der Waals surface area contributed by atoms with Crippen molar-refractivity contribution in [1.82, 2.24) is 24.9 Å². The third kappa shape index (κ3) is 4.93. The molecule has 7 nitrogen and oxygen atoms in total. The Labute approximate surface area is 169 Å². The zero-order chi connectivity index (χ0) is 20.1. The fraction of sp³-hybridized carbons (Fsp3) is 0.810. The van der Waals surface area contributed by atoms with Gasteiger partial charge < -0.3 is 10.1 Å². The highest BCUT2D eigenvalue weighted by molar-refractivity contribution is 5.94. The van der Waals surface area contributed by atoms with E-state index in [1.807, 2.05) is 4.68 Å². The van der Waals surface area contributed by atoms with Crippen LogP contribution in [0.3, 0.4) is 0 Å². The zero-order valence-electron chi connectivity index (χ0n) is 18.0. The van der Waals surface area contributed by atoms with E-state index in [1.54, 1.807) is 7.11 Å². The summed E-state index contributed by atoms with van der Waals surface area (Å²) in [6.45, 7) is 13.8. The predicted molar refractivity (Wildman–Crippen MR) is 111 cm³/mol. The molecular formula is C21H37N5O2. The Morgan fingerprint density at radius 1 is 1.36 bits per heavy atom. The van der Waals surface area contributed by atoms with E-state index in [0.717, 1.165) is 51.1 Å². The van der Waals surface area contributed by atoms with Gasteiger partial charge in [-0.25, -0.2) is 0 Å². The first-order valence-corrected chi connectivity index (χ1v) is 10.9. The maximum atomic E-state index is 13.0. The van der Waals surface area contributed by atoms with Gasteiger partial charge in [0.25, 0.3) is 5.91 Å². The van der Waals surface area contributed by atoms with E-state index in [1.165, 1.54) is 12.1 Å². The molecule has 0 saturated carbocycles. The normalized spacial score (nSPS) is 20.7. The molecule has 28 heavy (non-hydrogen) atoms. The van der Waals surface area contributed by atoms with Crippen LogP contribution in [0.2, 0.25) is 0 Å². The number of nitrogens with zero attached hydrogens (tertiary/aromatic N) is 4. The van der Waals surface area contributed by atoms with Gasteiger partial charge in [0.1, 0.15) is 0 Å². The molecule has 3 rings (SSSR count). The number of nitrogens with one attached hydrogen (secondary N) is 1. The van der Waals surface area contributed by atoms with Crippen molar-refractivity contribution in [2.24, 2.45) is 5.92 Å². The number of ether oxygens (including phenoxy) is 1. The third-order valence-corrected chi connectivity index (χ3v) is 5.96. The Morgan fingerprint density at radius 3 is 2.89 bits per heavy atom. The molecule has 1 amide bonds. The lowest BCUT2D eigenvalue weighted by atomic mass is 10.0. The minimum absolute atomic E-state index is 0.0261. The Bertz CT molecular complexity index is 657. The maximum absolute atomic E-state index is 13.0. The Kier molecular flexibility index (Phi) is 7.48. The van der Waals surface area contributed by atoms with E-state index in [9.17, 15) is 4.79 Å². The monoisotopic (exact) mass is 391 g/mol. The Morgan fingerprint density at radius 2 is 2.18 bits per heavy atom. The van der Waals surface area contributed by atoms with Crippen LogP contribution in [0.4, 0.5) is 0 Å². The van der Waals surface area contributed by atoms with Crippen molar-refractivity contribution in [2.75, 3.05) is 46.4 Å². The summed E-state index contributed by atoms with van der Waals surface area (Å²) < 4.78 is 7.24. The molecule has 1 fully saturated rings. The number of carbonyl (C=O) groups is 1. The molecule has 0 radical (unpaired) electrons. The first-order chi connectivity index (χ1) is 13.5. The summed E-state index contributed by atoms with van der Waals surface area (Å²) >= 11 is 0. The number of fused-ring (bicyclic) bond motifs is 1. The fourth-order valence-corrected chi connectivity index (χ4v) is 4.60. The second-order valence-corrected chi connectivity index (χ2v) is 8.50. The second-order valence-electron chi connectivity index (χ2n) is 8.50. The van der Waals surface area contributed by atoms with Gasteiger partial charge in [-0.05, 0) is 31.8 Å². The van der Waals surface area contributed by atoms with Crippen molar-refractivity contribution >= 4 is 5.91 Å². The number of methoxy groups -OCH3 is 1. The molecule has 0 aliphatic carbocycles. The minimum atomic E-state index is -0.0261. The van der Waals surface area contributed by atoms with Gasteiger partial charge in [-0.2, -0.15) is 5.10 Å². The SMILES string of the molecule is CCN1CCCC1CNC(=O)c1nn(CCOC)c2c1CN(CC(C)C)CC2. The van der Waals surface area contributed by atoms with Crippen LogP contribution in [0.15, 0.2) is 0 Å². The summed E-state index contributed by atoms with van der Waals surface area (Å²) in [5.74, 6) is 0.589. The predicted octanol–water partition coefficient (Wildman–Crippen LogP) is 1.76. The van der Waals surface area contributed by atoms with E-state index in [2.05, 4.69) is 35.9 Å². The van der Waals surface area contributed by atoms with Gasteiger partial charge >= 0.3 is 0 Å². The fourth-order valence-electron chi connectivity index (χ4n) is 4.60. The molecule has 2 aliphatic rings. The van der Waals surface area contributed by atoms with Gasteiger partial charge in [0.05, 0.1) is 13.2 Å². The van der Waals surface area contributed by atoms with Crippen LogP contribution in [0.5, 0.6) is 0 Å². The largest absolute Gasteiger partial charge is 0.383 e. The van der Waals surface area contributed by atoms with Crippen LogP contribution < -0.4 is 5.32 Å². The van der Waals surface area contributed by atoms with E-state index in [0.29, 0.717) is 37.4 Å². The van der Waals surface area contributed by atoms with Gasteiger partial charge in [0.2, 0.25) is 0 Å². The minimum Gasteiger partial charge on any atom is -0.383 e. The van der Waals surface area contributed by atoms with Gasteiger partial charge in [0, 0.05) is 57.0 Å². The maximum Gasteiger partial charge on any atom is 0.272 e. The third-order valence-electron chi connectivity index (χ3n) is 5.96. The zero-order valence-corrected chi connectivity index (χ0v) is 18.0. The Hall–Kier alpha value is -1.44. The average molecular weight is 392 g/mol. The number of amides is 1. The molecule has 1 aromatic heterocycles. The molecular weight excluding hydrogens is 354 g/mol. The summed E-state index contributed by atoms with van der Waals surface area (Å²) in [6, 6.07) is 0.456. The number of rotatable bonds is 9. The lowest BCUT2D eigenvalue weighted by Gasteiger charge is -2.29. The quantitative estimate of drug-likeness (QED) is 0.695. The molecule has 7 heteroatoms. The molecule has 0 aromatic carbocycles. The van der Waals surface area contributed by atoms with Crippen molar-refractivity contribution in [3.8, 4) is 0 Å². The highest BCUT2D eigenvalue weighted by atomic mass is 16.5. The molecule has 158 valence electrons. The lowest BCUT2D eigenvalue weighted by molar-refractivity contribution is 0.0932. The van der Waals surface area contributed by atoms with Crippen molar-refractivity contribution < 1.29 is 9.53 Å². The van der Waals surface area contributed by atoms with Gasteiger partial charge in [-0.15, -0.1) is 0 Å². The molecule has 1 unspecified atom stereocenters. The first-order valence-electron chi connectivity index (χ1n) is 10.9. The summed E-state index contributed by atoms with van der Waals surface area (Å²) in [5.41, 5.74) is 2.93. The first kappa shape index (κ1) is 21.3. The number of likely N-dealkylation sites (N-methyl/N-ethyl adjacent to an activating group) is 1. The number of hydrogen-bond donors (Lipinski definition) is 1. The van der Waals surface area contributed by atoms with E-state index in [4.69, 9.17) is 9.84 Å². The summed E-state index contributed by atoms with van der Waals surface area (Å²) in [6.07, 6.45) is 3.33. The molecule has 1 atom stereocenters. The van der Waals surface area contributed by atoms with Crippen molar-refractivity contribution in [3.05, 3.63) is 17.0 Å². The Balaban J connectivity index is 1.73. The average Bonchev–Trinajstić information content (AvgIpc) is 3.27. The van der Waals surface area contributed by atoms with Crippen LogP contribution in [0.1, 0.15) is 55.4 Å². The topological polar surface area (TPSA) is 62.6 Å². The van der Waals surface area contributed by atoms with Gasteiger partial charge in [0.15, 0.2) is 5.69 Å². The molecule has 0 bridgehead atoms. The van der Waals surface area contributed by atoms with Gasteiger partial charge in [-0.3, -0.25) is 19.3 Å². The van der Waals surface area contributed by atoms with Crippen molar-refractivity contribution in [1.29, 1.82) is 0 Å².